The summed E-state index contributed by atoms with van der Waals surface area (Å²) in [5, 5.41) is 15.4. The molecule has 1 aliphatic carbocycles. The Labute approximate surface area is 149 Å². The van der Waals surface area contributed by atoms with Crippen LogP contribution in [0, 0.1) is 11.3 Å². The zero-order valence-electron chi connectivity index (χ0n) is 16.2. The lowest BCUT2D eigenvalue weighted by Gasteiger charge is -2.49. The molecule has 2 N–H and O–H groups in total. The van der Waals surface area contributed by atoms with E-state index >= 15 is 0 Å². The summed E-state index contributed by atoms with van der Waals surface area (Å²) >= 11 is 0. The summed E-state index contributed by atoms with van der Waals surface area (Å²) in [4.78, 5) is 21.7. The first-order valence-electron chi connectivity index (χ1n) is 8.59. The Morgan fingerprint density at radius 3 is 2.17 bits per heavy atom. The van der Waals surface area contributed by atoms with Crippen molar-refractivity contribution in [3.8, 4) is 0 Å². The van der Waals surface area contributed by atoms with Crippen molar-refractivity contribution < 1.29 is 21.2 Å². The largest absolute Gasteiger partial charge is 0.483 e. The zero-order chi connectivity index (χ0) is 19.4. The highest BCUT2D eigenvalue weighted by Gasteiger charge is 2.41. The summed E-state index contributed by atoms with van der Waals surface area (Å²) in [5.41, 5.74) is -0.0673. The van der Waals surface area contributed by atoms with Crippen LogP contribution in [0.5, 0.6) is 0 Å². The molecule has 0 radical (unpaired) electrons. The third-order valence-electron chi connectivity index (χ3n) is 4.28. The molecule has 24 heavy (non-hydrogen) atoms. The van der Waals surface area contributed by atoms with Gasteiger partial charge in [0.1, 0.15) is 0 Å². The first kappa shape index (κ1) is 24.9. The lowest BCUT2D eigenvalue weighted by Crippen LogP contribution is -2.50. The normalized spacial score (nSPS) is 25.2. The SMILES string of the molecule is C=C.CC(=O)N1CC[C@@H]2CCCC[C@]2(C)C1.CC(C)(C)O.O=CO.[HH]. The van der Waals surface area contributed by atoms with Gasteiger partial charge in [-0.1, -0.05) is 19.8 Å². The Balaban J connectivity index is -0.000000374. The van der Waals surface area contributed by atoms with Crippen molar-refractivity contribution >= 4 is 12.4 Å². The number of nitrogens with zero attached hydrogens (tertiary/aromatic N) is 1. The van der Waals surface area contributed by atoms with Crippen LogP contribution in [0.4, 0.5) is 0 Å². The second-order valence-corrected chi connectivity index (χ2v) is 7.60. The number of carbonyl (C=O) groups is 2. The smallest absolute Gasteiger partial charge is 0.290 e. The maximum atomic E-state index is 11.3. The molecule has 0 spiro atoms. The van der Waals surface area contributed by atoms with E-state index in [-0.39, 0.29) is 13.8 Å². The fourth-order valence-electron chi connectivity index (χ4n) is 3.27. The van der Waals surface area contributed by atoms with Crippen molar-refractivity contribution in [2.24, 2.45) is 11.3 Å². The number of carbonyl (C=O) groups excluding carboxylic acids is 1. The van der Waals surface area contributed by atoms with Crippen LogP contribution in [-0.4, -0.2) is 46.2 Å². The molecule has 2 fully saturated rings. The summed E-state index contributed by atoms with van der Waals surface area (Å²) in [6, 6.07) is 0. The van der Waals surface area contributed by atoms with Gasteiger partial charge in [-0.05, 0) is 51.4 Å². The highest BCUT2D eigenvalue weighted by atomic mass is 16.3. The Bertz CT molecular complexity index is 365. The van der Waals surface area contributed by atoms with Gasteiger partial charge in [0.25, 0.3) is 6.47 Å². The number of hydrogen-bond donors (Lipinski definition) is 2. The Morgan fingerprint density at radius 1 is 1.29 bits per heavy atom. The van der Waals surface area contributed by atoms with Crippen LogP contribution >= 0.6 is 0 Å². The molecule has 0 aromatic heterocycles. The summed E-state index contributed by atoms with van der Waals surface area (Å²) in [7, 11) is 0. The van der Waals surface area contributed by atoms with E-state index in [2.05, 4.69) is 20.1 Å². The van der Waals surface area contributed by atoms with Crippen LogP contribution in [0.25, 0.3) is 0 Å². The van der Waals surface area contributed by atoms with Crippen LogP contribution in [-0.2, 0) is 9.59 Å². The van der Waals surface area contributed by atoms with E-state index < -0.39 is 5.60 Å². The molecular weight excluding hydrogens is 306 g/mol. The Kier molecular flexibility index (Phi) is 12.5. The molecule has 1 amide bonds. The third kappa shape index (κ3) is 11.2. The number of piperidine rings is 1. The van der Waals surface area contributed by atoms with Gasteiger partial charge >= 0.3 is 0 Å². The molecule has 1 saturated heterocycles. The van der Waals surface area contributed by atoms with Crippen molar-refractivity contribution in [3.05, 3.63) is 13.2 Å². The molecular formula is C19H39NO4. The lowest BCUT2D eigenvalue weighted by atomic mass is 9.64. The molecule has 1 saturated carbocycles. The monoisotopic (exact) mass is 345 g/mol. The van der Waals surface area contributed by atoms with Crippen molar-refractivity contribution in [3.63, 3.8) is 0 Å². The summed E-state index contributed by atoms with van der Waals surface area (Å²) < 4.78 is 0. The van der Waals surface area contributed by atoms with Crippen LogP contribution in [0.3, 0.4) is 0 Å². The zero-order valence-corrected chi connectivity index (χ0v) is 16.2. The van der Waals surface area contributed by atoms with Crippen molar-refractivity contribution in [1.82, 2.24) is 4.90 Å². The molecule has 2 atom stereocenters. The lowest BCUT2D eigenvalue weighted by molar-refractivity contribution is -0.134. The Hall–Kier alpha value is -1.36. The molecule has 0 aromatic rings. The summed E-state index contributed by atoms with van der Waals surface area (Å²) in [5.74, 6) is 1.14. The number of rotatable bonds is 0. The van der Waals surface area contributed by atoms with Crippen LogP contribution in [0.1, 0.15) is 68.1 Å². The standard InChI is InChI=1S/C12H21NO.C4H10O.C2H4.CH2O2.H2/c1-10(14)13-8-6-11-5-3-4-7-12(11,2)9-13;1-4(2,3)5;1-2;2-1-3;/h11H,3-9H2,1-2H3;5H,1-3H3;1-2H2;1H,(H,2,3);1H/t11-,12+;;;;/m0..../s1. The second-order valence-electron chi connectivity index (χ2n) is 7.60. The minimum atomic E-state index is -0.500. The highest BCUT2D eigenvalue weighted by molar-refractivity contribution is 5.73. The molecule has 0 bridgehead atoms. The predicted molar refractivity (Wildman–Crippen MR) is 101 cm³/mol. The van der Waals surface area contributed by atoms with E-state index in [4.69, 9.17) is 15.0 Å². The fraction of sp³-hybridized carbons (Fsp3) is 0.789. The first-order chi connectivity index (χ1) is 11.0. The molecule has 0 aromatic carbocycles. The van der Waals surface area contributed by atoms with E-state index in [0.29, 0.717) is 5.41 Å². The summed E-state index contributed by atoms with van der Waals surface area (Å²) in [6.45, 7) is 17.1. The van der Waals surface area contributed by atoms with Crippen LogP contribution in [0.15, 0.2) is 13.2 Å². The van der Waals surface area contributed by atoms with Gasteiger partial charge in [0.2, 0.25) is 5.91 Å². The first-order valence-corrected chi connectivity index (χ1v) is 8.59. The van der Waals surface area contributed by atoms with Gasteiger partial charge < -0.3 is 15.1 Å². The van der Waals surface area contributed by atoms with Crippen molar-refractivity contribution in [2.45, 2.75) is 72.3 Å². The van der Waals surface area contributed by atoms with Gasteiger partial charge in [0.15, 0.2) is 0 Å². The van der Waals surface area contributed by atoms with Gasteiger partial charge in [-0.25, -0.2) is 0 Å². The number of amides is 1. The predicted octanol–water partition coefficient (Wildman–Crippen LogP) is 3.96. The topological polar surface area (TPSA) is 77.8 Å². The average Bonchev–Trinajstić information content (AvgIpc) is 2.47. The minimum absolute atomic E-state index is 0. The van der Waals surface area contributed by atoms with Gasteiger partial charge in [-0.15, -0.1) is 13.2 Å². The van der Waals surface area contributed by atoms with Crippen molar-refractivity contribution in [1.29, 1.82) is 0 Å². The van der Waals surface area contributed by atoms with Gasteiger partial charge in [-0.3, -0.25) is 9.59 Å². The molecule has 144 valence electrons. The average molecular weight is 346 g/mol. The van der Waals surface area contributed by atoms with E-state index in [1.807, 2.05) is 4.90 Å². The minimum Gasteiger partial charge on any atom is -0.483 e. The number of likely N-dealkylation sites (tertiary alicyclic amines) is 1. The summed E-state index contributed by atoms with van der Waals surface area (Å²) in [6.07, 6.45) is 6.71. The maximum Gasteiger partial charge on any atom is 0.290 e. The van der Waals surface area contributed by atoms with E-state index in [1.54, 1.807) is 27.7 Å². The van der Waals surface area contributed by atoms with E-state index in [0.717, 1.165) is 19.0 Å². The number of hydrogen-bond acceptors (Lipinski definition) is 3. The van der Waals surface area contributed by atoms with Gasteiger partial charge in [0.05, 0.1) is 5.60 Å². The molecule has 1 aliphatic heterocycles. The van der Waals surface area contributed by atoms with E-state index in [1.165, 1.54) is 32.1 Å². The van der Waals surface area contributed by atoms with E-state index in [9.17, 15) is 4.79 Å². The molecule has 2 aliphatic rings. The van der Waals surface area contributed by atoms with Crippen LogP contribution < -0.4 is 0 Å². The number of fused-ring (bicyclic) bond motifs is 1. The molecule has 2 rings (SSSR count). The molecule has 5 heteroatoms. The number of aliphatic hydroxyl groups is 1. The van der Waals surface area contributed by atoms with Gasteiger partial charge in [-0.2, -0.15) is 0 Å². The van der Waals surface area contributed by atoms with Crippen molar-refractivity contribution in [2.75, 3.05) is 13.1 Å². The quantitative estimate of drug-likeness (QED) is 0.514. The van der Waals surface area contributed by atoms with Gasteiger partial charge in [0, 0.05) is 21.4 Å². The van der Waals surface area contributed by atoms with Crippen LogP contribution in [0.2, 0.25) is 0 Å². The third-order valence-corrected chi connectivity index (χ3v) is 4.28. The highest BCUT2D eigenvalue weighted by Crippen LogP contribution is 2.45. The Morgan fingerprint density at radius 2 is 1.75 bits per heavy atom. The molecule has 1 heterocycles. The molecule has 5 nitrogen and oxygen atoms in total. The number of carboxylic acid groups (broad SMARTS) is 1. The fourth-order valence-corrected chi connectivity index (χ4v) is 3.27. The maximum absolute atomic E-state index is 11.3. The second kappa shape index (κ2) is 12.1. The molecule has 0 unspecified atom stereocenters.